The maximum Gasteiger partial charge on any atom is 0.305 e. The van der Waals surface area contributed by atoms with Crippen molar-refractivity contribution in [3.63, 3.8) is 0 Å². The predicted molar refractivity (Wildman–Crippen MR) is 357 cm³/mol. The quantitative estimate of drug-likeness (QED) is 0.0320. The number of ether oxygens (including phenoxy) is 1. The Balaban J connectivity index is 3.34. The van der Waals surface area contributed by atoms with E-state index in [2.05, 4.69) is 31.3 Å². The fourth-order valence-corrected chi connectivity index (χ4v) is 12.1. The molecule has 0 aliphatic carbocycles. The summed E-state index contributed by atoms with van der Waals surface area (Å²) in [6.45, 7) is 5.01. The number of hydrogen-bond acceptors (Lipinski definition) is 5. The summed E-state index contributed by atoms with van der Waals surface area (Å²) in [5.41, 5.74) is 0. The van der Waals surface area contributed by atoms with Gasteiger partial charge < -0.3 is 20.3 Å². The van der Waals surface area contributed by atoms with Gasteiger partial charge in [-0.3, -0.25) is 9.59 Å². The van der Waals surface area contributed by atoms with Crippen LogP contribution in [-0.2, 0) is 14.3 Å². The highest BCUT2D eigenvalue weighted by molar-refractivity contribution is 5.76. The highest BCUT2D eigenvalue weighted by atomic mass is 16.5. The van der Waals surface area contributed by atoms with E-state index < -0.39 is 12.1 Å². The third kappa shape index (κ3) is 67.6. The molecule has 0 aromatic heterocycles. The summed E-state index contributed by atoms with van der Waals surface area (Å²) in [7, 11) is 0. The smallest absolute Gasteiger partial charge is 0.305 e. The van der Waals surface area contributed by atoms with Crippen LogP contribution in [0.3, 0.4) is 0 Å². The maximum absolute atomic E-state index is 12.5. The number of rotatable bonds is 71. The van der Waals surface area contributed by atoms with E-state index in [1.807, 2.05) is 0 Å². The normalized spacial score (nSPS) is 12.5. The molecule has 0 heterocycles. The fourth-order valence-electron chi connectivity index (χ4n) is 12.1. The third-order valence-corrected chi connectivity index (χ3v) is 17.8. The largest absolute Gasteiger partial charge is 0.466 e. The second-order valence-corrected chi connectivity index (χ2v) is 26.0. The standard InChI is InChI=1S/C75H147NO5/c1-3-5-7-9-11-13-15-17-19-35-39-43-47-51-55-59-63-67-73(78)72(71-77)76-74(79)68-64-60-56-52-48-44-40-37-33-31-29-27-25-23-21-22-24-26-28-30-32-34-38-42-46-50-54-58-62-66-70-81-75(80)69-65-61-57-53-49-45-41-36-20-18-16-14-12-10-8-6-4-2/h22,24,72-73,77-78H,3-21,23,25-71H2,1-2H3,(H,76,79)/b24-22-. The van der Waals surface area contributed by atoms with Gasteiger partial charge in [-0.25, -0.2) is 0 Å². The Morgan fingerprint density at radius 1 is 0.333 bits per heavy atom. The SMILES string of the molecule is CCCCCCCCCCCCCCCCCCCC(=O)OCCCCCCCCCCCCCC/C=C\CCCCCCCCCCCCCCCCC(=O)NC(CO)C(O)CCCCCCCCCCCCCCCCCCC. The lowest BCUT2D eigenvalue weighted by atomic mass is 10.0. The second-order valence-electron chi connectivity index (χ2n) is 26.0. The molecule has 81 heavy (non-hydrogen) atoms. The molecule has 0 bridgehead atoms. The van der Waals surface area contributed by atoms with Crippen molar-refractivity contribution in [2.45, 2.75) is 443 Å². The molecule has 6 nitrogen and oxygen atoms in total. The Bertz CT molecular complexity index is 1220. The van der Waals surface area contributed by atoms with E-state index >= 15 is 0 Å². The minimum absolute atomic E-state index is 0.0222. The van der Waals surface area contributed by atoms with Gasteiger partial charge in [-0.15, -0.1) is 0 Å². The first kappa shape index (κ1) is 79.6. The van der Waals surface area contributed by atoms with Crippen molar-refractivity contribution >= 4 is 11.9 Å². The van der Waals surface area contributed by atoms with Gasteiger partial charge in [-0.2, -0.15) is 0 Å². The van der Waals surface area contributed by atoms with Crippen molar-refractivity contribution in [2.24, 2.45) is 0 Å². The van der Waals surface area contributed by atoms with Crippen LogP contribution in [0.25, 0.3) is 0 Å². The van der Waals surface area contributed by atoms with Crippen LogP contribution < -0.4 is 5.32 Å². The van der Waals surface area contributed by atoms with Crippen LogP contribution in [0.2, 0.25) is 0 Å². The minimum Gasteiger partial charge on any atom is -0.466 e. The Morgan fingerprint density at radius 2 is 0.580 bits per heavy atom. The summed E-state index contributed by atoms with van der Waals surface area (Å²) < 4.78 is 5.51. The molecule has 6 heteroatoms. The van der Waals surface area contributed by atoms with Crippen LogP contribution in [0, 0.1) is 0 Å². The number of allylic oxidation sites excluding steroid dienone is 2. The number of aliphatic hydroxyl groups is 2. The summed E-state index contributed by atoms with van der Waals surface area (Å²) in [5.74, 6) is -0.00694. The number of amides is 1. The molecule has 0 aliphatic heterocycles. The molecule has 0 rings (SSSR count). The molecule has 2 atom stereocenters. The number of carbonyl (C=O) groups excluding carboxylic acids is 2. The lowest BCUT2D eigenvalue weighted by molar-refractivity contribution is -0.143. The zero-order chi connectivity index (χ0) is 58.5. The van der Waals surface area contributed by atoms with Crippen LogP contribution >= 0.6 is 0 Å². The molecule has 0 radical (unpaired) electrons. The molecule has 0 fully saturated rings. The van der Waals surface area contributed by atoms with E-state index in [4.69, 9.17) is 4.74 Å². The first-order valence-corrected chi connectivity index (χ1v) is 37.4. The number of aliphatic hydroxyl groups excluding tert-OH is 2. The second kappa shape index (κ2) is 71.1. The molecule has 3 N–H and O–H groups in total. The summed E-state index contributed by atoms with van der Waals surface area (Å²) >= 11 is 0. The van der Waals surface area contributed by atoms with Gasteiger partial charge in [-0.1, -0.05) is 379 Å². The van der Waals surface area contributed by atoms with Gasteiger partial charge in [0.2, 0.25) is 5.91 Å². The number of esters is 1. The summed E-state index contributed by atoms with van der Waals surface area (Å²) in [4.78, 5) is 24.6. The van der Waals surface area contributed by atoms with Gasteiger partial charge in [-0.05, 0) is 51.4 Å². The highest BCUT2D eigenvalue weighted by Gasteiger charge is 2.20. The van der Waals surface area contributed by atoms with E-state index in [0.717, 1.165) is 38.5 Å². The zero-order valence-corrected chi connectivity index (χ0v) is 55.3. The molecule has 2 unspecified atom stereocenters. The van der Waals surface area contributed by atoms with Crippen molar-refractivity contribution in [1.82, 2.24) is 5.32 Å². The number of hydrogen-bond donors (Lipinski definition) is 3. The van der Waals surface area contributed by atoms with Crippen LogP contribution in [0.4, 0.5) is 0 Å². The van der Waals surface area contributed by atoms with Gasteiger partial charge in [0.25, 0.3) is 0 Å². The maximum atomic E-state index is 12.5. The molecule has 0 saturated heterocycles. The molecular formula is C75H147NO5. The van der Waals surface area contributed by atoms with Gasteiger partial charge in [0, 0.05) is 12.8 Å². The van der Waals surface area contributed by atoms with Gasteiger partial charge in [0.05, 0.1) is 25.4 Å². The predicted octanol–water partition coefficient (Wildman–Crippen LogP) is 24.3. The van der Waals surface area contributed by atoms with Crippen molar-refractivity contribution in [3.8, 4) is 0 Å². The van der Waals surface area contributed by atoms with E-state index in [1.165, 1.54) is 360 Å². The highest BCUT2D eigenvalue weighted by Crippen LogP contribution is 2.20. The fraction of sp³-hybridized carbons (Fsp3) is 0.947. The molecule has 0 spiro atoms. The summed E-state index contributed by atoms with van der Waals surface area (Å²) in [6, 6.07) is -0.540. The van der Waals surface area contributed by atoms with E-state index in [-0.39, 0.29) is 18.5 Å². The first-order chi connectivity index (χ1) is 40.0. The van der Waals surface area contributed by atoms with Crippen LogP contribution in [-0.4, -0.2) is 47.4 Å². The van der Waals surface area contributed by atoms with Crippen molar-refractivity contribution in [3.05, 3.63) is 12.2 Å². The molecule has 0 aliphatic rings. The van der Waals surface area contributed by atoms with Crippen LogP contribution in [0.1, 0.15) is 431 Å². The van der Waals surface area contributed by atoms with E-state index in [1.54, 1.807) is 0 Å². The number of carbonyl (C=O) groups is 2. The zero-order valence-electron chi connectivity index (χ0n) is 55.3. The molecule has 1 amide bonds. The average Bonchev–Trinajstić information content (AvgIpc) is 3.47. The Hall–Kier alpha value is -1.40. The average molecular weight is 1140 g/mol. The molecule has 0 aromatic rings. The van der Waals surface area contributed by atoms with Crippen LogP contribution in [0.15, 0.2) is 12.2 Å². The minimum atomic E-state index is -0.663. The van der Waals surface area contributed by atoms with Crippen molar-refractivity contribution in [2.75, 3.05) is 13.2 Å². The number of unbranched alkanes of at least 4 members (excludes halogenated alkanes) is 58. The molecule has 0 aromatic carbocycles. The molecular weight excluding hydrogens is 995 g/mol. The number of nitrogens with one attached hydrogen (secondary N) is 1. The van der Waals surface area contributed by atoms with Gasteiger partial charge in [0.15, 0.2) is 0 Å². The monoisotopic (exact) mass is 1140 g/mol. The Morgan fingerprint density at radius 3 is 0.877 bits per heavy atom. The van der Waals surface area contributed by atoms with Gasteiger partial charge in [0.1, 0.15) is 0 Å². The topological polar surface area (TPSA) is 95.9 Å². The Labute approximate surface area is 508 Å². The third-order valence-electron chi connectivity index (χ3n) is 17.8. The lowest BCUT2D eigenvalue weighted by Gasteiger charge is -2.22. The van der Waals surface area contributed by atoms with Crippen molar-refractivity contribution in [1.29, 1.82) is 0 Å². The first-order valence-electron chi connectivity index (χ1n) is 37.4. The summed E-state index contributed by atoms with van der Waals surface area (Å²) in [5, 5.41) is 23.4. The van der Waals surface area contributed by atoms with E-state index in [9.17, 15) is 19.8 Å². The molecule has 0 saturated carbocycles. The van der Waals surface area contributed by atoms with E-state index in [0.29, 0.717) is 25.9 Å². The molecule has 482 valence electrons. The summed E-state index contributed by atoms with van der Waals surface area (Å²) in [6.07, 6.45) is 88.5. The lowest BCUT2D eigenvalue weighted by Crippen LogP contribution is -2.45. The van der Waals surface area contributed by atoms with Crippen LogP contribution in [0.5, 0.6) is 0 Å². The van der Waals surface area contributed by atoms with Gasteiger partial charge >= 0.3 is 5.97 Å². The Kier molecular flexibility index (Phi) is 69.9. The van der Waals surface area contributed by atoms with Crippen molar-refractivity contribution < 1.29 is 24.5 Å².